The predicted octanol–water partition coefficient (Wildman–Crippen LogP) is 4.66. The monoisotopic (exact) mass is 299 g/mol. The molecule has 1 aromatic rings. The molecule has 3 heteroatoms. The quantitative estimate of drug-likeness (QED) is 0.818. The van der Waals surface area contributed by atoms with Crippen molar-refractivity contribution in [2.24, 2.45) is 5.92 Å². The molecule has 1 atom stereocenters. The van der Waals surface area contributed by atoms with Crippen LogP contribution in [0.15, 0.2) is 21.2 Å². The first-order chi connectivity index (χ1) is 8.31. The molecule has 2 nitrogen and oxygen atoms in total. The van der Waals surface area contributed by atoms with Crippen LogP contribution in [-0.2, 0) is 0 Å². The van der Waals surface area contributed by atoms with Gasteiger partial charge in [0.25, 0.3) is 0 Å². The summed E-state index contributed by atoms with van der Waals surface area (Å²) in [6, 6.07) is 2.33. The van der Waals surface area contributed by atoms with Gasteiger partial charge in [0.2, 0.25) is 0 Å². The Balaban J connectivity index is 1.97. The molecule has 1 N–H and O–H groups in total. The van der Waals surface area contributed by atoms with Crippen molar-refractivity contribution in [1.29, 1.82) is 0 Å². The van der Waals surface area contributed by atoms with Gasteiger partial charge in [0.05, 0.1) is 16.8 Å². The molecule has 1 unspecified atom stereocenters. The lowest BCUT2D eigenvalue weighted by atomic mass is 9.92. The molecular formula is C14H22BrNO. The van der Waals surface area contributed by atoms with Gasteiger partial charge in [0.15, 0.2) is 0 Å². The lowest BCUT2D eigenvalue weighted by molar-refractivity contribution is 0.329. The second-order valence-corrected chi connectivity index (χ2v) is 5.92. The number of nitrogens with one attached hydrogen (secondary N) is 1. The fourth-order valence-corrected chi connectivity index (χ4v) is 3.32. The van der Waals surface area contributed by atoms with Gasteiger partial charge in [0, 0.05) is 0 Å². The number of halogens is 1. The molecule has 0 aromatic carbocycles. The second-order valence-electron chi connectivity index (χ2n) is 5.07. The van der Waals surface area contributed by atoms with E-state index in [9.17, 15) is 0 Å². The molecule has 1 aromatic heterocycles. The van der Waals surface area contributed by atoms with Crippen molar-refractivity contribution < 1.29 is 4.42 Å². The summed E-state index contributed by atoms with van der Waals surface area (Å²) in [6.45, 7) is 0. The first kappa shape index (κ1) is 13.2. The van der Waals surface area contributed by atoms with Crippen LogP contribution in [0.3, 0.4) is 0 Å². The Hall–Kier alpha value is -0.280. The summed E-state index contributed by atoms with van der Waals surface area (Å²) in [4.78, 5) is 0. The highest BCUT2D eigenvalue weighted by Crippen LogP contribution is 2.33. The fraction of sp³-hybridized carbons (Fsp3) is 0.714. The van der Waals surface area contributed by atoms with E-state index in [2.05, 4.69) is 21.2 Å². The summed E-state index contributed by atoms with van der Waals surface area (Å²) >= 11 is 3.55. The van der Waals surface area contributed by atoms with Crippen molar-refractivity contribution in [1.82, 2.24) is 5.32 Å². The fourth-order valence-electron chi connectivity index (χ4n) is 2.84. The van der Waals surface area contributed by atoms with Crippen LogP contribution in [0.5, 0.6) is 0 Å². The van der Waals surface area contributed by atoms with Gasteiger partial charge >= 0.3 is 0 Å². The van der Waals surface area contributed by atoms with Gasteiger partial charge < -0.3 is 9.73 Å². The predicted molar refractivity (Wildman–Crippen MR) is 74.0 cm³/mol. The number of furan rings is 1. The average molecular weight is 300 g/mol. The largest absolute Gasteiger partial charge is 0.466 e. The van der Waals surface area contributed by atoms with Crippen molar-refractivity contribution in [3.63, 3.8) is 0 Å². The minimum atomic E-state index is 0.350. The molecule has 1 heterocycles. The maximum Gasteiger partial charge on any atom is 0.134 e. The van der Waals surface area contributed by atoms with Crippen LogP contribution < -0.4 is 5.32 Å². The molecule has 0 aliphatic heterocycles. The Morgan fingerprint density at radius 3 is 2.59 bits per heavy atom. The summed E-state index contributed by atoms with van der Waals surface area (Å²) < 4.78 is 6.67. The van der Waals surface area contributed by atoms with Crippen molar-refractivity contribution in [2.45, 2.75) is 51.0 Å². The molecule has 96 valence electrons. The minimum absolute atomic E-state index is 0.350. The molecule has 1 saturated carbocycles. The van der Waals surface area contributed by atoms with E-state index in [1.165, 1.54) is 44.9 Å². The summed E-state index contributed by atoms with van der Waals surface area (Å²) in [6.07, 6.45) is 11.4. The zero-order valence-corrected chi connectivity index (χ0v) is 12.1. The van der Waals surface area contributed by atoms with Crippen molar-refractivity contribution in [3.05, 3.63) is 22.6 Å². The molecular weight excluding hydrogens is 278 g/mol. The smallest absolute Gasteiger partial charge is 0.134 e. The standard InChI is InChI=1S/C14H22BrNO/c1-16-13(14-12(15)8-9-17-14)10-11-6-4-2-3-5-7-11/h8-9,11,13,16H,2-7,10H2,1H3. The Morgan fingerprint density at radius 1 is 1.35 bits per heavy atom. The first-order valence-electron chi connectivity index (χ1n) is 6.71. The number of rotatable bonds is 4. The van der Waals surface area contributed by atoms with Gasteiger partial charge in [-0.1, -0.05) is 38.5 Å². The molecule has 1 aliphatic rings. The van der Waals surface area contributed by atoms with Gasteiger partial charge in [-0.3, -0.25) is 0 Å². The Bertz CT molecular complexity index is 329. The highest BCUT2D eigenvalue weighted by atomic mass is 79.9. The number of hydrogen-bond acceptors (Lipinski definition) is 2. The minimum Gasteiger partial charge on any atom is -0.466 e. The van der Waals surface area contributed by atoms with Crippen LogP contribution >= 0.6 is 15.9 Å². The molecule has 1 aliphatic carbocycles. The third-order valence-corrected chi connectivity index (χ3v) is 4.51. The molecule has 0 bridgehead atoms. The van der Waals surface area contributed by atoms with E-state index >= 15 is 0 Å². The van der Waals surface area contributed by atoms with Crippen molar-refractivity contribution >= 4 is 15.9 Å². The SMILES string of the molecule is CNC(CC1CCCCCC1)c1occc1Br. The van der Waals surface area contributed by atoms with Crippen molar-refractivity contribution in [3.8, 4) is 0 Å². The van der Waals surface area contributed by atoms with E-state index in [-0.39, 0.29) is 0 Å². The molecule has 0 spiro atoms. The van der Waals surface area contributed by atoms with E-state index in [4.69, 9.17) is 4.42 Å². The summed E-state index contributed by atoms with van der Waals surface area (Å²) in [5.74, 6) is 1.91. The molecule has 2 rings (SSSR count). The van der Waals surface area contributed by atoms with Gasteiger partial charge in [-0.25, -0.2) is 0 Å². The summed E-state index contributed by atoms with van der Waals surface area (Å²) in [5.41, 5.74) is 0. The Labute approximate surface area is 112 Å². The van der Waals surface area contributed by atoms with Gasteiger partial charge in [-0.15, -0.1) is 0 Å². The van der Waals surface area contributed by atoms with E-state index in [1.54, 1.807) is 6.26 Å². The normalized spacial score (nSPS) is 20.1. The second kappa shape index (κ2) is 6.60. The van der Waals surface area contributed by atoms with Crippen LogP contribution in [0.2, 0.25) is 0 Å². The molecule has 0 radical (unpaired) electrons. The van der Waals surface area contributed by atoms with Gasteiger partial charge in [-0.2, -0.15) is 0 Å². The molecule has 1 fully saturated rings. The zero-order valence-electron chi connectivity index (χ0n) is 10.5. The lowest BCUT2D eigenvalue weighted by Gasteiger charge is -2.21. The maximum absolute atomic E-state index is 5.58. The third-order valence-electron chi connectivity index (χ3n) is 3.85. The van der Waals surface area contributed by atoms with E-state index in [1.807, 2.05) is 13.1 Å². The van der Waals surface area contributed by atoms with Crippen molar-refractivity contribution in [2.75, 3.05) is 7.05 Å². The zero-order chi connectivity index (χ0) is 12.1. The average Bonchev–Trinajstić information content (AvgIpc) is 2.62. The van der Waals surface area contributed by atoms with E-state index in [0.717, 1.165) is 16.2 Å². The van der Waals surface area contributed by atoms with Crippen LogP contribution in [0, 0.1) is 5.92 Å². The Morgan fingerprint density at radius 2 is 2.06 bits per heavy atom. The first-order valence-corrected chi connectivity index (χ1v) is 7.50. The highest BCUT2D eigenvalue weighted by molar-refractivity contribution is 9.10. The molecule has 0 amide bonds. The summed E-state index contributed by atoms with van der Waals surface area (Å²) in [7, 11) is 2.02. The molecule has 17 heavy (non-hydrogen) atoms. The highest BCUT2D eigenvalue weighted by Gasteiger charge is 2.21. The van der Waals surface area contributed by atoms with E-state index in [0.29, 0.717) is 6.04 Å². The topological polar surface area (TPSA) is 25.2 Å². The Kier molecular flexibility index (Phi) is 5.11. The van der Waals surface area contributed by atoms with Crippen LogP contribution in [0.4, 0.5) is 0 Å². The van der Waals surface area contributed by atoms with E-state index < -0.39 is 0 Å². The van der Waals surface area contributed by atoms with Gasteiger partial charge in [-0.05, 0) is 41.4 Å². The van der Waals surface area contributed by atoms with Crippen LogP contribution in [0.1, 0.15) is 56.7 Å². The van der Waals surface area contributed by atoms with Crippen LogP contribution in [0.25, 0.3) is 0 Å². The van der Waals surface area contributed by atoms with Gasteiger partial charge in [0.1, 0.15) is 5.76 Å². The lowest BCUT2D eigenvalue weighted by Crippen LogP contribution is -2.19. The third kappa shape index (κ3) is 3.59. The maximum atomic E-state index is 5.58. The molecule has 0 saturated heterocycles. The number of hydrogen-bond donors (Lipinski definition) is 1. The van der Waals surface area contributed by atoms with Crippen LogP contribution in [-0.4, -0.2) is 7.05 Å². The summed E-state index contributed by atoms with van der Waals surface area (Å²) in [5, 5.41) is 3.39.